The monoisotopic (exact) mass is 555 g/mol. The van der Waals surface area contributed by atoms with E-state index in [4.69, 9.17) is 39.9 Å². The maximum absolute atomic E-state index is 13.7. The lowest BCUT2D eigenvalue weighted by atomic mass is 9.84. The second-order valence-corrected chi connectivity index (χ2v) is 11.6. The van der Waals surface area contributed by atoms with Gasteiger partial charge < -0.3 is 5.32 Å². The second kappa shape index (κ2) is 11.6. The van der Waals surface area contributed by atoms with Gasteiger partial charge in [0.05, 0.1) is 16.4 Å². The zero-order valence-electron chi connectivity index (χ0n) is 21.1. The van der Waals surface area contributed by atoms with Crippen LogP contribution in [0, 0.1) is 5.92 Å². The predicted octanol–water partition coefficient (Wildman–Crippen LogP) is 8.80. The smallest absolute Gasteiger partial charge is 0.272 e. The number of aromatic nitrogens is 2. The molecule has 7 heteroatoms. The third kappa shape index (κ3) is 5.92. The van der Waals surface area contributed by atoms with Crippen molar-refractivity contribution in [2.75, 3.05) is 0 Å². The van der Waals surface area contributed by atoms with Crippen LogP contribution in [-0.2, 0) is 6.42 Å². The molecule has 37 heavy (non-hydrogen) atoms. The van der Waals surface area contributed by atoms with E-state index in [2.05, 4.69) is 18.3 Å². The number of halogens is 3. The van der Waals surface area contributed by atoms with Crippen LogP contribution in [0.2, 0.25) is 15.1 Å². The Morgan fingerprint density at radius 3 is 2.41 bits per heavy atom. The molecule has 1 N–H and O–H groups in total. The first-order valence-electron chi connectivity index (χ1n) is 13.3. The van der Waals surface area contributed by atoms with Crippen LogP contribution in [0.15, 0.2) is 42.5 Å². The van der Waals surface area contributed by atoms with Crippen LogP contribution < -0.4 is 5.32 Å². The van der Waals surface area contributed by atoms with Crippen molar-refractivity contribution >= 4 is 52.4 Å². The van der Waals surface area contributed by atoms with Crippen LogP contribution in [-0.4, -0.2) is 21.7 Å². The Kier molecular flexibility index (Phi) is 8.28. The molecule has 194 valence electrons. The summed E-state index contributed by atoms with van der Waals surface area (Å²) in [7, 11) is 0. The van der Waals surface area contributed by atoms with E-state index in [0.29, 0.717) is 32.4 Å². The van der Waals surface area contributed by atoms with Crippen molar-refractivity contribution in [3.05, 3.63) is 80.0 Å². The number of benzene rings is 2. The molecule has 0 spiro atoms. The molecule has 0 bridgehead atoms. The molecule has 1 fully saturated rings. The number of hydrogen-bond acceptors (Lipinski definition) is 2. The summed E-state index contributed by atoms with van der Waals surface area (Å²) >= 11 is 19.0. The molecule has 5 rings (SSSR count). The van der Waals surface area contributed by atoms with Crippen molar-refractivity contribution in [3.8, 4) is 5.69 Å². The summed E-state index contributed by atoms with van der Waals surface area (Å²) in [5, 5.41) is 9.96. The standard InChI is InChI=1S/C30H32Cl3N3O/c1-19(21-7-3-2-4-8-21)34-30(37)28-25-10-6-5-9-22(17-20-11-13-23(31)14-12-20)29(25)36(35-28)27-16-15-24(32)18-26(27)33/h11-19,21H,2-10H2,1H3,(H,34,37)/t19-/m0/s1. The maximum Gasteiger partial charge on any atom is 0.272 e. The molecule has 1 amide bonds. The topological polar surface area (TPSA) is 46.9 Å². The van der Waals surface area contributed by atoms with E-state index in [1.165, 1.54) is 32.1 Å². The summed E-state index contributed by atoms with van der Waals surface area (Å²) in [4.78, 5) is 13.7. The largest absolute Gasteiger partial charge is 0.348 e. The number of allylic oxidation sites excluding steroid dienone is 1. The summed E-state index contributed by atoms with van der Waals surface area (Å²) in [6, 6.07) is 13.3. The minimum Gasteiger partial charge on any atom is -0.348 e. The van der Waals surface area contributed by atoms with Gasteiger partial charge in [0.1, 0.15) is 0 Å². The maximum atomic E-state index is 13.7. The molecule has 2 aromatic carbocycles. The van der Waals surface area contributed by atoms with Gasteiger partial charge in [0, 0.05) is 21.7 Å². The van der Waals surface area contributed by atoms with Crippen LogP contribution in [0.5, 0.6) is 0 Å². The number of fused-ring (bicyclic) bond motifs is 1. The average molecular weight is 557 g/mol. The zero-order valence-corrected chi connectivity index (χ0v) is 23.3. The lowest BCUT2D eigenvalue weighted by molar-refractivity contribution is 0.0913. The van der Waals surface area contributed by atoms with Crippen LogP contribution >= 0.6 is 34.8 Å². The Morgan fingerprint density at radius 2 is 1.68 bits per heavy atom. The van der Waals surface area contributed by atoms with E-state index in [-0.39, 0.29) is 11.9 Å². The molecular formula is C30H32Cl3N3O. The highest BCUT2D eigenvalue weighted by Crippen LogP contribution is 2.37. The van der Waals surface area contributed by atoms with Crippen molar-refractivity contribution in [1.29, 1.82) is 0 Å². The highest BCUT2D eigenvalue weighted by Gasteiger charge is 2.30. The van der Waals surface area contributed by atoms with Gasteiger partial charge in [-0.1, -0.05) is 66.2 Å². The number of rotatable bonds is 5. The normalized spacial score (nSPS) is 18.3. The Hall–Kier alpha value is -2.27. The molecule has 1 aromatic heterocycles. The molecule has 2 aliphatic rings. The van der Waals surface area contributed by atoms with Crippen molar-refractivity contribution in [2.45, 2.75) is 70.8 Å². The van der Waals surface area contributed by atoms with Crippen LogP contribution in [0.3, 0.4) is 0 Å². The number of nitrogens with zero attached hydrogens (tertiary/aromatic N) is 2. The number of carbonyl (C=O) groups excluding carboxylic acids is 1. The molecule has 1 saturated carbocycles. The SMILES string of the molecule is C[C@H](NC(=O)c1nn(-c2ccc(Cl)cc2Cl)c2c1CCCCC2=Cc1ccc(Cl)cc1)C1CCCCC1. The fourth-order valence-electron chi connectivity index (χ4n) is 5.69. The van der Waals surface area contributed by atoms with Gasteiger partial charge in [0.25, 0.3) is 5.91 Å². The first-order chi connectivity index (χ1) is 17.9. The molecule has 0 unspecified atom stereocenters. The van der Waals surface area contributed by atoms with Gasteiger partial charge in [-0.2, -0.15) is 5.10 Å². The molecule has 1 heterocycles. The number of amides is 1. The fourth-order valence-corrected chi connectivity index (χ4v) is 6.30. The zero-order chi connectivity index (χ0) is 25.9. The van der Waals surface area contributed by atoms with Crippen molar-refractivity contribution in [1.82, 2.24) is 15.1 Å². The van der Waals surface area contributed by atoms with Crippen LogP contribution in [0.1, 0.15) is 85.6 Å². The predicted molar refractivity (Wildman–Crippen MR) is 154 cm³/mol. The Bertz CT molecular complexity index is 1310. The van der Waals surface area contributed by atoms with Gasteiger partial charge in [0.2, 0.25) is 0 Å². The molecule has 0 saturated heterocycles. The molecule has 4 nitrogen and oxygen atoms in total. The quantitative estimate of drug-likeness (QED) is 0.319. The first-order valence-corrected chi connectivity index (χ1v) is 14.4. The Labute approximate surface area is 234 Å². The highest BCUT2D eigenvalue weighted by molar-refractivity contribution is 6.35. The van der Waals surface area contributed by atoms with Crippen LogP contribution in [0.25, 0.3) is 17.3 Å². The fraction of sp³-hybridized carbons (Fsp3) is 0.400. The summed E-state index contributed by atoms with van der Waals surface area (Å²) < 4.78 is 1.85. The number of nitrogens with one attached hydrogen (secondary N) is 1. The van der Waals surface area contributed by atoms with E-state index >= 15 is 0 Å². The van der Waals surface area contributed by atoms with Crippen LogP contribution in [0.4, 0.5) is 0 Å². The van der Waals surface area contributed by atoms with E-state index in [1.54, 1.807) is 12.1 Å². The average Bonchev–Trinajstić information content (AvgIpc) is 3.14. The highest BCUT2D eigenvalue weighted by atomic mass is 35.5. The minimum atomic E-state index is -0.106. The lowest BCUT2D eigenvalue weighted by Crippen LogP contribution is -2.39. The van der Waals surface area contributed by atoms with Crippen molar-refractivity contribution in [2.24, 2.45) is 5.92 Å². The second-order valence-electron chi connectivity index (χ2n) is 10.3. The van der Waals surface area contributed by atoms with Gasteiger partial charge in [0.15, 0.2) is 5.69 Å². The summed E-state index contributed by atoms with van der Waals surface area (Å²) in [5.74, 6) is 0.412. The summed E-state index contributed by atoms with van der Waals surface area (Å²) in [5.41, 5.74) is 5.33. The number of carbonyl (C=O) groups is 1. The van der Waals surface area contributed by atoms with Crippen molar-refractivity contribution in [3.63, 3.8) is 0 Å². The van der Waals surface area contributed by atoms with Gasteiger partial charge in [-0.15, -0.1) is 0 Å². The van der Waals surface area contributed by atoms with Gasteiger partial charge in [-0.3, -0.25) is 4.79 Å². The Balaban J connectivity index is 1.60. The molecule has 0 radical (unpaired) electrons. The Morgan fingerprint density at radius 1 is 0.973 bits per heavy atom. The third-order valence-corrected chi connectivity index (χ3v) is 8.48. The third-order valence-electron chi connectivity index (χ3n) is 7.69. The lowest BCUT2D eigenvalue weighted by Gasteiger charge is -2.28. The van der Waals surface area contributed by atoms with Crippen molar-refractivity contribution < 1.29 is 4.79 Å². The van der Waals surface area contributed by atoms with Gasteiger partial charge in [-0.25, -0.2) is 4.68 Å². The molecule has 1 atom stereocenters. The van der Waals surface area contributed by atoms with E-state index in [9.17, 15) is 4.79 Å². The first kappa shape index (κ1) is 26.3. The minimum absolute atomic E-state index is 0.106. The molecule has 3 aromatic rings. The molecule has 2 aliphatic carbocycles. The summed E-state index contributed by atoms with van der Waals surface area (Å²) in [6.45, 7) is 2.13. The summed E-state index contributed by atoms with van der Waals surface area (Å²) in [6.07, 6.45) is 12.0. The molecule has 0 aliphatic heterocycles. The molecular weight excluding hydrogens is 525 g/mol. The van der Waals surface area contributed by atoms with E-state index in [0.717, 1.165) is 48.1 Å². The van der Waals surface area contributed by atoms with Gasteiger partial charge >= 0.3 is 0 Å². The van der Waals surface area contributed by atoms with E-state index in [1.807, 2.05) is 35.0 Å². The number of hydrogen-bond donors (Lipinski definition) is 1. The van der Waals surface area contributed by atoms with Gasteiger partial charge in [-0.05, 0) is 98.9 Å². The van der Waals surface area contributed by atoms with E-state index < -0.39 is 0 Å².